The summed E-state index contributed by atoms with van der Waals surface area (Å²) in [4.78, 5) is 11.8. The molecule has 6 heteroatoms. The second-order valence-electron chi connectivity index (χ2n) is 7.01. The molecule has 0 aromatic carbocycles. The number of nitrogens with zero attached hydrogens (tertiary/aromatic N) is 1. The monoisotopic (exact) mass is 295 g/mol. The van der Waals surface area contributed by atoms with Crippen molar-refractivity contribution in [1.29, 1.82) is 0 Å². The fraction of sp³-hybridized carbons (Fsp3) is 0.923. The van der Waals surface area contributed by atoms with Crippen LogP contribution in [0.25, 0.3) is 0 Å². The van der Waals surface area contributed by atoms with Crippen LogP contribution in [-0.2, 0) is 4.79 Å². The van der Waals surface area contributed by atoms with E-state index in [-0.39, 0.29) is 5.91 Å². The Bertz CT molecular complexity index is 309. The van der Waals surface area contributed by atoms with Gasteiger partial charge in [0, 0.05) is 13.6 Å². The molecule has 0 fully saturated rings. The van der Waals surface area contributed by atoms with Crippen molar-refractivity contribution in [2.75, 3.05) is 44.7 Å². The molecule has 0 aliphatic carbocycles. The third kappa shape index (κ3) is 6.12. The summed E-state index contributed by atoms with van der Waals surface area (Å²) in [5.41, 5.74) is -0.549. The first kappa shape index (κ1) is 18.7. The van der Waals surface area contributed by atoms with Gasteiger partial charge < -0.3 is 15.8 Å². The smallest absolute Gasteiger partial charge is 0.239 e. The van der Waals surface area contributed by atoms with Gasteiger partial charge in [-0.1, -0.05) is 0 Å². The molecule has 0 heterocycles. The quantitative estimate of drug-likeness (QED) is 0.307. The van der Waals surface area contributed by atoms with Crippen LogP contribution in [0.5, 0.6) is 0 Å². The third-order valence-corrected chi connectivity index (χ3v) is 7.65. The Balaban J connectivity index is 4.22. The summed E-state index contributed by atoms with van der Waals surface area (Å²) in [5.74, 6) is 0.980. The average molecular weight is 295 g/mol. The van der Waals surface area contributed by atoms with Crippen molar-refractivity contribution in [3.8, 4) is 0 Å². The zero-order valence-corrected chi connectivity index (χ0v) is 14.5. The maximum atomic E-state index is 11.8. The predicted molar refractivity (Wildman–Crippen MR) is 86.6 cm³/mol. The zero-order chi connectivity index (χ0) is 15.3. The third-order valence-electron chi connectivity index (χ3n) is 3.65. The van der Waals surface area contributed by atoms with Crippen LogP contribution in [0, 0.1) is 0 Å². The first-order valence-corrected chi connectivity index (χ1v) is 10.6. The van der Waals surface area contributed by atoms with Gasteiger partial charge in [-0.3, -0.25) is 4.79 Å². The molecule has 0 aromatic heterocycles. The number of hydroxylamine groups is 1. The minimum Gasteiger partial charge on any atom is -0.355 e. The Kier molecular flexibility index (Phi) is 6.33. The molecule has 0 radical (unpaired) electrons. The topological polar surface area (TPSA) is 64.6 Å². The molecule has 0 spiro atoms. The summed E-state index contributed by atoms with van der Waals surface area (Å²) in [7, 11) is -0.413. The maximum Gasteiger partial charge on any atom is 0.239 e. The fourth-order valence-electron chi connectivity index (χ4n) is 1.63. The van der Waals surface area contributed by atoms with Gasteiger partial charge in [-0.15, -0.1) is 0 Å². The SMILES string of the molecule is CCNC(=O)C(C)(C)NCCC[SH](C)(C)(C)N(C)O. The molecule has 0 unspecified atom stereocenters. The van der Waals surface area contributed by atoms with Crippen molar-refractivity contribution in [3.05, 3.63) is 0 Å². The lowest BCUT2D eigenvalue weighted by atomic mass is 10.0. The lowest BCUT2D eigenvalue weighted by Crippen LogP contribution is -2.53. The highest BCUT2D eigenvalue weighted by Crippen LogP contribution is 2.60. The van der Waals surface area contributed by atoms with Crippen molar-refractivity contribution in [2.45, 2.75) is 32.7 Å². The number of amides is 1. The van der Waals surface area contributed by atoms with E-state index in [1.54, 1.807) is 7.05 Å². The number of carbonyl (C=O) groups is 1. The van der Waals surface area contributed by atoms with Crippen LogP contribution in [0.15, 0.2) is 0 Å². The number of likely N-dealkylation sites (N-methyl/N-ethyl adjacent to an activating group) is 1. The van der Waals surface area contributed by atoms with Crippen molar-refractivity contribution in [3.63, 3.8) is 0 Å². The van der Waals surface area contributed by atoms with Crippen LogP contribution in [0.3, 0.4) is 0 Å². The molecule has 0 atom stereocenters. The molecule has 3 N–H and O–H groups in total. The van der Waals surface area contributed by atoms with Gasteiger partial charge in [0.25, 0.3) is 0 Å². The first-order chi connectivity index (χ1) is 8.41. The minimum absolute atomic E-state index is 0.0243. The molecule has 1 amide bonds. The molecular weight excluding hydrogens is 262 g/mol. The highest BCUT2D eigenvalue weighted by Gasteiger charge is 2.30. The van der Waals surface area contributed by atoms with E-state index in [9.17, 15) is 10.0 Å². The molecule has 0 aliphatic heterocycles. The minimum atomic E-state index is -2.14. The number of thiol groups is 1. The number of rotatable bonds is 8. The lowest BCUT2D eigenvalue weighted by molar-refractivity contribution is -0.126. The van der Waals surface area contributed by atoms with Gasteiger partial charge in [0.2, 0.25) is 5.91 Å². The van der Waals surface area contributed by atoms with Gasteiger partial charge in [0.1, 0.15) is 0 Å². The summed E-state index contributed by atoms with van der Waals surface area (Å²) in [6.45, 7) is 7.11. The van der Waals surface area contributed by atoms with Crippen molar-refractivity contribution in [2.24, 2.45) is 0 Å². The molecule has 19 heavy (non-hydrogen) atoms. The molecule has 0 saturated carbocycles. The number of hydrogen-bond acceptors (Lipinski definition) is 4. The van der Waals surface area contributed by atoms with Gasteiger partial charge in [-0.05, 0) is 58.3 Å². The summed E-state index contributed by atoms with van der Waals surface area (Å²) in [6, 6.07) is 0. The molecule has 5 nitrogen and oxygen atoms in total. The summed E-state index contributed by atoms with van der Waals surface area (Å²) < 4.78 is 1.39. The molecule has 0 aliphatic rings. The Labute approximate surface area is 118 Å². The lowest BCUT2D eigenvalue weighted by Gasteiger charge is -2.56. The van der Waals surface area contributed by atoms with E-state index in [0.717, 1.165) is 18.7 Å². The van der Waals surface area contributed by atoms with E-state index >= 15 is 0 Å². The van der Waals surface area contributed by atoms with Gasteiger partial charge in [-0.25, -0.2) is 9.35 Å². The first-order valence-electron chi connectivity index (χ1n) is 6.87. The van der Waals surface area contributed by atoms with E-state index in [1.165, 1.54) is 4.47 Å². The van der Waals surface area contributed by atoms with Gasteiger partial charge >= 0.3 is 0 Å². The standard InChI is InChI=1S/C13H33N3O2S/c1-8-14-12(17)13(2,3)15-10-9-11-19(5,6,7)16(4)18/h15,18-19H,8-11H2,1-7H3,(H,14,17). The largest absolute Gasteiger partial charge is 0.355 e. The molecule has 0 rings (SSSR count). The Morgan fingerprint density at radius 2 is 1.84 bits per heavy atom. The summed E-state index contributed by atoms with van der Waals surface area (Å²) in [5, 5.41) is 15.9. The van der Waals surface area contributed by atoms with Crippen molar-refractivity contribution < 1.29 is 10.0 Å². The fourth-order valence-corrected chi connectivity index (χ4v) is 3.17. The van der Waals surface area contributed by atoms with Crippen LogP contribution >= 0.6 is 9.35 Å². The van der Waals surface area contributed by atoms with Crippen LogP contribution in [0.2, 0.25) is 0 Å². The summed E-state index contributed by atoms with van der Waals surface area (Å²) >= 11 is 0. The Hall–Kier alpha value is -0.300. The Morgan fingerprint density at radius 3 is 2.26 bits per heavy atom. The average Bonchev–Trinajstić information content (AvgIpc) is 2.24. The van der Waals surface area contributed by atoms with E-state index < -0.39 is 14.9 Å². The number of carbonyl (C=O) groups excluding carboxylic acids is 1. The molecule has 0 bridgehead atoms. The molecule has 0 aromatic rings. The number of nitrogens with one attached hydrogen (secondary N) is 2. The highest BCUT2D eigenvalue weighted by molar-refractivity contribution is 8.46. The van der Waals surface area contributed by atoms with Crippen LogP contribution < -0.4 is 10.6 Å². The normalized spacial score (nSPS) is 15.1. The van der Waals surface area contributed by atoms with E-state index in [4.69, 9.17) is 0 Å². The van der Waals surface area contributed by atoms with Gasteiger partial charge in [0.15, 0.2) is 0 Å². The van der Waals surface area contributed by atoms with Crippen LogP contribution in [0.1, 0.15) is 27.2 Å². The van der Waals surface area contributed by atoms with Crippen molar-refractivity contribution in [1.82, 2.24) is 15.1 Å². The van der Waals surface area contributed by atoms with Crippen LogP contribution in [0.4, 0.5) is 0 Å². The van der Waals surface area contributed by atoms with Gasteiger partial charge in [0.05, 0.1) is 5.54 Å². The van der Waals surface area contributed by atoms with Crippen LogP contribution in [-0.4, -0.2) is 65.8 Å². The second kappa shape index (κ2) is 6.43. The highest BCUT2D eigenvalue weighted by atomic mass is 32.3. The van der Waals surface area contributed by atoms with E-state index in [1.807, 2.05) is 20.8 Å². The zero-order valence-electron chi connectivity index (χ0n) is 13.6. The summed E-state index contributed by atoms with van der Waals surface area (Å²) in [6.07, 6.45) is 7.36. The van der Waals surface area contributed by atoms with E-state index in [2.05, 4.69) is 29.4 Å². The second-order valence-corrected chi connectivity index (χ2v) is 14.1. The maximum absolute atomic E-state index is 11.8. The number of hydrogen-bond donors (Lipinski definition) is 4. The molecule has 118 valence electrons. The van der Waals surface area contributed by atoms with Gasteiger partial charge in [-0.2, -0.15) is 4.47 Å². The van der Waals surface area contributed by atoms with Crippen molar-refractivity contribution >= 4 is 15.3 Å². The Morgan fingerprint density at radius 1 is 1.32 bits per heavy atom. The molecular formula is C13H33N3O2S. The predicted octanol–water partition coefficient (Wildman–Crippen LogP) is 1.08. The molecule has 0 saturated heterocycles. The van der Waals surface area contributed by atoms with E-state index in [0.29, 0.717) is 6.54 Å².